The molecule has 0 aliphatic rings. The first-order valence-electron chi connectivity index (χ1n) is 5.60. The molecule has 0 aliphatic carbocycles. The van der Waals surface area contributed by atoms with Crippen LogP contribution in [0.5, 0.6) is 5.75 Å². The maximum atomic E-state index is 13.3. The van der Waals surface area contributed by atoms with E-state index in [-0.39, 0.29) is 10.6 Å². The molecular weight excluding hydrogens is 309 g/mol. The lowest BCUT2D eigenvalue weighted by atomic mass is 10.0. The quantitative estimate of drug-likeness (QED) is 0.852. The molecule has 0 saturated carbocycles. The molecule has 2 aromatic carbocycles. The molecule has 20 heavy (non-hydrogen) atoms. The Morgan fingerprint density at radius 3 is 2.35 bits per heavy atom. The largest absolute Gasteiger partial charge is 0.496 e. The minimum atomic E-state index is -1.29. The van der Waals surface area contributed by atoms with Crippen molar-refractivity contribution in [1.29, 1.82) is 0 Å². The number of aliphatic hydroxyl groups excluding tert-OH is 1. The van der Waals surface area contributed by atoms with Crippen LogP contribution in [0.2, 0.25) is 10.0 Å². The van der Waals surface area contributed by atoms with Crippen LogP contribution in [0.1, 0.15) is 17.2 Å². The van der Waals surface area contributed by atoms with Crippen molar-refractivity contribution >= 4 is 23.2 Å². The minimum Gasteiger partial charge on any atom is -0.496 e. The standard InChI is InChI=1S/C14H10Cl2F2O2/c1-20-13-3-2-7(15)4-9(13)14(19)8-5-11(17)12(18)6-10(8)16/h2-6,14,19H,1H3. The summed E-state index contributed by atoms with van der Waals surface area (Å²) in [6, 6.07) is 6.29. The van der Waals surface area contributed by atoms with Crippen molar-refractivity contribution in [3.63, 3.8) is 0 Å². The monoisotopic (exact) mass is 318 g/mol. The molecule has 0 aliphatic heterocycles. The van der Waals surface area contributed by atoms with Crippen LogP contribution in [0.4, 0.5) is 8.78 Å². The molecule has 2 aromatic rings. The van der Waals surface area contributed by atoms with Crippen LogP contribution < -0.4 is 4.74 Å². The van der Waals surface area contributed by atoms with Crippen molar-refractivity contribution in [1.82, 2.24) is 0 Å². The minimum absolute atomic E-state index is 0.0335. The molecule has 0 aromatic heterocycles. The Kier molecular flexibility index (Phi) is 4.48. The van der Waals surface area contributed by atoms with Gasteiger partial charge in [-0.2, -0.15) is 0 Å². The van der Waals surface area contributed by atoms with Crippen molar-refractivity contribution in [2.75, 3.05) is 7.11 Å². The highest BCUT2D eigenvalue weighted by Gasteiger charge is 2.20. The van der Waals surface area contributed by atoms with Crippen molar-refractivity contribution in [3.05, 3.63) is 63.1 Å². The van der Waals surface area contributed by atoms with Crippen LogP contribution in [-0.4, -0.2) is 12.2 Å². The van der Waals surface area contributed by atoms with E-state index >= 15 is 0 Å². The van der Waals surface area contributed by atoms with Gasteiger partial charge in [-0.05, 0) is 30.3 Å². The summed E-state index contributed by atoms with van der Waals surface area (Å²) in [6.45, 7) is 0. The van der Waals surface area contributed by atoms with Gasteiger partial charge in [0.1, 0.15) is 11.9 Å². The third-order valence-corrected chi connectivity index (χ3v) is 3.38. The lowest BCUT2D eigenvalue weighted by Gasteiger charge is -2.17. The molecule has 6 heteroatoms. The van der Waals surface area contributed by atoms with Crippen LogP contribution in [-0.2, 0) is 0 Å². The molecule has 0 amide bonds. The van der Waals surface area contributed by atoms with Gasteiger partial charge in [0, 0.05) is 21.2 Å². The second-order valence-corrected chi connectivity index (χ2v) is 4.92. The van der Waals surface area contributed by atoms with Gasteiger partial charge < -0.3 is 9.84 Å². The second kappa shape index (κ2) is 5.95. The molecule has 2 rings (SSSR count). The Morgan fingerprint density at radius 2 is 1.70 bits per heavy atom. The van der Waals surface area contributed by atoms with E-state index in [1.165, 1.54) is 13.2 Å². The maximum absolute atomic E-state index is 13.3. The van der Waals surface area contributed by atoms with Crippen LogP contribution in [0.25, 0.3) is 0 Å². The molecule has 0 radical (unpaired) electrons. The number of rotatable bonds is 3. The SMILES string of the molecule is COc1ccc(Cl)cc1C(O)c1cc(F)c(F)cc1Cl. The van der Waals surface area contributed by atoms with Gasteiger partial charge in [-0.15, -0.1) is 0 Å². The van der Waals surface area contributed by atoms with Crippen LogP contribution in [0, 0.1) is 11.6 Å². The maximum Gasteiger partial charge on any atom is 0.160 e. The van der Waals surface area contributed by atoms with Gasteiger partial charge in [-0.1, -0.05) is 23.2 Å². The fourth-order valence-electron chi connectivity index (χ4n) is 1.83. The first kappa shape index (κ1) is 15.0. The summed E-state index contributed by atoms with van der Waals surface area (Å²) >= 11 is 11.7. The molecule has 1 atom stereocenters. The highest BCUT2D eigenvalue weighted by molar-refractivity contribution is 6.31. The van der Waals surface area contributed by atoms with E-state index in [9.17, 15) is 13.9 Å². The number of hydrogen-bond acceptors (Lipinski definition) is 2. The zero-order valence-corrected chi connectivity index (χ0v) is 11.8. The lowest BCUT2D eigenvalue weighted by Crippen LogP contribution is -2.04. The highest BCUT2D eigenvalue weighted by atomic mass is 35.5. The predicted molar refractivity (Wildman–Crippen MR) is 73.4 cm³/mol. The van der Waals surface area contributed by atoms with Gasteiger partial charge in [0.05, 0.1) is 7.11 Å². The molecule has 1 unspecified atom stereocenters. The van der Waals surface area contributed by atoms with Crippen LogP contribution in [0.3, 0.4) is 0 Å². The van der Waals surface area contributed by atoms with Gasteiger partial charge in [-0.25, -0.2) is 8.78 Å². The normalized spacial score (nSPS) is 12.3. The van der Waals surface area contributed by atoms with E-state index in [1.54, 1.807) is 12.1 Å². The highest BCUT2D eigenvalue weighted by Crippen LogP contribution is 2.35. The third-order valence-electron chi connectivity index (χ3n) is 2.82. The van der Waals surface area contributed by atoms with E-state index in [2.05, 4.69) is 0 Å². The van der Waals surface area contributed by atoms with Crippen LogP contribution in [0.15, 0.2) is 30.3 Å². The number of hydrogen-bond donors (Lipinski definition) is 1. The summed E-state index contributed by atoms with van der Waals surface area (Å²) in [5.41, 5.74) is 0.346. The summed E-state index contributed by atoms with van der Waals surface area (Å²) in [4.78, 5) is 0. The van der Waals surface area contributed by atoms with Crippen molar-refractivity contribution < 1.29 is 18.6 Å². The van der Waals surface area contributed by atoms with Gasteiger partial charge in [0.15, 0.2) is 11.6 Å². The number of methoxy groups -OCH3 is 1. The zero-order chi connectivity index (χ0) is 14.9. The fourth-order valence-corrected chi connectivity index (χ4v) is 2.27. The summed E-state index contributed by atoms with van der Waals surface area (Å²) < 4.78 is 31.5. The van der Waals surface area contributed by atoms with Crippen molar-refractivity contribution in [2.45, 2.75) is 6.10 Å². The molecule has 0 bridgehead atoms. The average Bonchev–Trinajstić information content (AvgIpc) is 2.42. The van der Waals surface area contributed by atoms with E-state index in [0.29, 0.717) is 16.3 Å². The molecule has 0 fully saturated rings. The Hall–Kier alpha value is -1.36. The molecule has 0 spiro atoms. The summed E-state index contributed by atoms with van der Waals surface area (Å²) in [5, 5.41) is 10.6. The number of halogens is 4. The second-order valence-electron chi connectivity index (χ2n) is 4.08. The predicted octanol–water partition coefficient (Wildman–Crippen LogP) is 4.36. The van der Waals surface area contributed by atoms with Crippen molar-refractivity contribution in [2.24, 2.45) is 0 Å². The number of ether oxygens (including phenoxy) is 1. The Labute approximate surface area is 124 Å². The van der Waals surface area contributed by atoms with E-state index in [4.69, 9.17) is 27.9 Å². The molecule has 2 nitrogen and oxygen atoms in total. The number of benzene rings is 2. The van der Waals surface area contributed by atoms with Gasteiger partial charge in [0.2, 0.25) is 0 Å². The summed E-state index contributed by atoms with van der Waals surface area (Å²) in [6.07, 6.45) is -1.29. The zero-order valence-electron chi connectivity index (χ0n) is 10.3. The summed E-state index contributed by atoms with van der Waals surface area (Å²) in [7, 11) is 1.42. The Bertz CT molecular complexity index is 647. The smallest absolute Gasteiger partial charge is 0.160 e. The van der Waals surface area contributed by atoms with Gasteiger partial charge in [-0.3, -0.25) is 0 Å². The first-order valence-corrected chi connectivity index (χ1v) is 6.35. The van der Waals surface area contributed by atoms with Crippen LogP contribution >= 0.6 is 23.2 Å². The first-order chi connectivity index (χ1) is 9.43. The van der Waals surface area contributed by atoms with Gasteiger partial charge in [0.25, 0.3) is 0 Å². The molecule has 106 valence electrons. The third kappa shape index (κ3) is 2.87. The topological polar surface area (TPSA) is 29.5 Å². The lowest BCUT2D eigenvalue weighted by molar-refractivity contribution is 0.214. The molecule has 1 N–H and O–H groups in total. The Balaban J connectivity index is 2.54. The fraction of sp³-hybridized carbons (Fsp3) is 0.143. The molecule has 0 heterocycles. The average molecular weight is 319 g/mol. The molecular formula is C14H10Cl2F2O2. The Morgan fingerprint density at radius 1 is 1.05 bits per heavy atom. The van der Waals surface area contributed by atoms with Crippen molar-refractivity contribution in [3.8, 4) is 5.75 Å². The van der Waals surface area contributed by atoms with E-state index in [1.807, 2.05) is 0 Å². The summed E-state index contributed by atoms with van der Waals surface area (Å²) in [5.74, 6) is -1.81. The number of aliphatic hydroxyl groups is 1. The molecule has 0 saturated heterocycles. The van der Waals surface area contributed by atoms with E-state index < -0.39 is 17.7 Å². The van der Waals surface area contributed by atoms with E-state index in [0.717, 1.165) is 12.1 Å². The van der Waals surface area contributed by atoms with Gasteiger partial charge >= 0.3 is 0 Å².